The van der Waals surface area contributed by atoms with Gasteiger partial charge in [-0.15, -0.1) is 0 Å². The van der Waals surface area contributed by atoms with Crippen molar-refractivity contribution in [2.24, 2.45) is 11.1 Å². The summed E-state index contributed by atoms with van der Waals surface area (Å²) in [7, 11) is 0. The van der Waals surface area contributed by atoms with Gasteiger partial charge in [-0.1, -0.05) is 13.8 Å². The van der Waals surface area contributed by atoms with Crippen molar-refractivity contribution in [1.29, 1.82) is 0 Å². The van der Waals surface area contributed by atoms with Crippen molar-refractivity contribution in [2.75, 3.05) is 5.32 Å². The molecule has 1 aromatic heterocycles. The van der Waals surface area contributed by atoms with Gasteiger partial charge in [0.25, 0.3) is 0 Å². The summed E-state index contributed by atoms with van der Waals surface area (Å²) in [4.78, 5) is 8.26. The number of anilines is 1. The molecule has 0 saturated heterocycles. The first kappa shape index (κ1) is 9.40. The molecule has 14 heavy (non-hydrogen) atoms. The molecule has 1 aliphatic carbocycles. The molecule has 4 heteroatoms. The van der Waals surface area contributed by atoms with E-state index in [9.17, 15) is 0 Å². The van der Waals surface area contributed by atoms with E-state index in [0.29, 0.717) is 12.0 Å². The van der Waals surface area contributed by atoms with E-state index in [1.54, 1.807) is 12.4 Å². The average Bonchev–Trinajstić information content (AvgIpc) is 2.19. The van der Waals surface area contributed by atoms with Crippen LogP contribution in [-0.2, 0) is 0 Å². The zero-order valence-electron chi connectivity index (χ0n) is 8.57. The third-order valence-electron chi connectivity index (χ3n) is 3.21. The molecule has 1 heterocycles. The van der Waals surface area contributed by atoms with Crippen LogP contribution in [0, 0.1) is 5.41 Å². The highest BCUT2D eigenvalue weighted by molar-refractivity contribution is 5.29. The molecule has 1 saturated carbocycles. The maximum Gasteiger partial charge on any atom is 0.222 e. The maximum absolute atomic E-state index is 5.92. The molecule has 3 N–H and O–H groups in total. The highest BCUT2D eigenvalue weighted by Gasteiger charge is 2.46. The summed E-state index contributed by atoms with van der Waals surface area (Å²) in [6, 6.07) is 2.48. The maximum atomic E-state index is 5.92. The predicted octanol–water partition coefficient (Wildman–Crippen LogP) is 1.01. The first-order valence-electron chi connectivity index (χ1n) is 4.90. The summed E-state index contributed by atoms with van der Waals surface area (Å²) >= 11 is 0. The van der Waals surface area contributed by atoms with E-state index in [1.807, 2.05) is 6.07 Å². The van der Waals surface area contributed by atoms with E-state index in [0.717, 1.165) is 6.42 Å². The Hall–Kier alpha value is -1.16. The second-order valence-corrected chi connectivity index (χ2v) is 4.43. The van der Waals surface area contributed by atoms with Crippen molar-refractivity contribution >= 4 is 5.95 Å². The topological polar surface area (TPSA) is 63.8 Å². The number of aromatic nitrogens is 2. The van der Waals surface area contributed by atoms with Gasteiger partial charge in [-0.25, -0.2) is 9.97 Å². The lowest BCUT2D eigenvalue weighted by molar-refractivity contribution is 0.116. The third-order valence-corrected chi connectivity index (χ3v) is 3.21. The van der Waals surface area contributed by atoms with Crippen molar-refractivity contribution in [3.05, 3.63) is 18.5 Å². The van der Waals surface area contributed by atoms with Crippen LogP contribution in [0.2, 0.25) is 0 Å². The van der Waals surface area contributed by atoms with E-state index in [-0.39, 0.29) is 11.5 Å². The summed E-state index contributed by atoms with van der Waals surface area (Å²) in [5, 5.41) is 3.30. The molecule has 1 fully saturated rings. The van der Waals surface area contributed by atoms with Gasteiger partial charge in [0.15, 0.2) is 0 Å². The van der Waals surface area contributed by atoms with Gasteiger partial charge < -0.3 is 11.1 Å². The zero-order chi connectivity index (χ0) is 10.2. The molecule has 4 nitrogen and oxygen atoms in total. The van der Waals surface area contributed by atoms with Crippen LogP contribution in [0.5, 0.6) is 0 Å². The number of rotatable bonds is 2. The minimum atomic E-state index is 0.138. The molecule has 0 aromatic carbocycles. The fourth-order valence-corrected chi connectivity index (χ4v) is 1.73. The predicted molar refractivity (Wildman–Crippen MR) is 55.8 cm³/mol. The van der Waals surface area contributed by atoms with Gasteiger partial charge in [0.2, 0.25) is 5.95 Å². The Kier molecular flexibility index (Phi) is 2.15. The number of hydrogen-bond donors (Lipinski definition) is 2. The van der Waals surface area contributed by atoms with Gasteiger partial charge in [-0.05, 0) is 12.5 Å². The van der Waals surface area contributed by atoms with Crippen LogP contribution in [-0.4, -0.2) is 22.1 Å². The largest absolute Gasteiger partial charge is 0.351 e. The standard InChI is InChI=1S/C10H16N4/c1-10(2)7(11)6-8(10)14-9-12-4-3-5-13-9/h3-5,7-8H,6,11H2,1-2H3,(H,12,13,14). The molecule has 0 spiro atoms. The van der Waals surface area contributed by atoms with Crippen molar-refractivity contribution in [1.82, 2.24) is 9.97 Å². The lowest BCUT2D eigenvalue weighted by Crippen LogP contribution is -2.61. The van der Waals surface area contributed by atoms with E-state index in [4.69, 9.17) is 5.73 Å². The van der Waals surface area contributed by atoms with E-state index < -0.39 is 0 Å². The van der Waals surface area contributed by atoms with Crippen LogP contribution in [0.1, 0.15) is 20.3 Å². The highest BCUT2D eigenvalue weighted by Crippen LogP contribution is 2.40. The second kappa shape index (κ2) is 3.20. The fourth-order valence-electron chi connectivity index (χ4n) is 1.73. The summed E-state index contributed by atoms with van der Waals surface area (Å²) in [6.45, 7) is 4.34. The molecule has 0 bridgehead atoms. The normalized spacial score (nSPS) is 29.4. The number of nitrogens with one attached hydrogen (secondary N) is 1. The summed E-state index contributed by atoms with van der Waals surface area (Å²) in [5.41, 5.74) is 6.06. The van der Waals surface area contributed by atoms with E-state index >= 15 is 0 Å². The Balaban J connectivity index is 2.01. The lowest BCUT2D eigenvalue weighted by Gasteiger charge is -2.50. The van der Waals surface area contributed by atoms with E-state index in [2.05, 4.69) is 29.1 Å². The van der Waals surface area contributed by atoms with Gasteiger partial charge in [0.1, 0.15) is 0 Å². The minimum Gasteiger partial charge on any atom is -0.351 e. The van der Waals surface area contributed by atoms with Crippen molar-refractivity contribution in [3.63, 3.8) is 0 Å². The smallest absolute Gasteiger partial charge is 0.222 e. The van der Waals surface area contributed by atoms with Crippen molar-refractivity contribution in [2.45, 2.75) is 32.4 Å². The van der Waals surface area contributed by atoms with E-state index in [1.165, 1.54) is 0 Å². The van der Waals surface area contributed by atoms with Crippen LogP contribution in [0.15, 0.2) is 18.5 Å². The van der Waals surface area contributed by atoms with Crippen LogP contribution >= 0.6 is 0 Å². The van der Waals surface area contributed by atoms with Crippen molar-refractivity contribution in [3.8, 4) is 0 Å². The summed E-state index contributed by atoms with van der Waals surface area (Å²) < 4.78 is 0. The zero-order valence-corrected chi connectivity index (χ0v) is 8.57. The summed E-state index contributed by atoms with van der Waals surface area (Å²) in [5.74, 6) is 0.692. The third kappa shape index (κ3) is 1.46. The number of nitrogens with zero attached hydrogens (tertiary/aromatic N) is 2. The summed E-state index contributed by atoms with van der Waals surface area (Å²) in [6.07, 6.45) is 4.47. The average molecular weight is 192 g/mol. The monoisotopic (exact) mass is 192 g/mol. The Bertz CT molecular complexity index is 309. The van der Waals surface area contributed by atoms with Crippen LogP contribution in [0.25, 0.3) is 0 Å². The van der Waals surface area contributed by atoms with Gasteiger partial charge >= 0.3 is 0 Å². The first-order chi connectivity index (χ1) is 6.60. The SMILES string of the molecule is CC1(C)C(N)CC1Nc1ncccn1. The molecular formula is C10H16N4. The van der Waals surface area contributed by atoms with Crippen molar-refractivity contribution < 1.29 is 0 Å². The molecule has 76 valence electrons. The van der Waals surface area contributed by atoms with Gasteiger partial charge in [0, 0.05) is 29.9 Å². The molecule has 0 aliphatic heterocycles. The molecule has 2 unspecified atom stereocenters. The van der Waals surface area contributed by atoms with Gasteiger partial charge in [-0.3, -0.25) is 0 Å². The van der Waals surface area contributed by atoms with Crippen LogP contribution in [0.4, 0.5) is 5.95 Å². The Morgan fingerprint density at radius 1 is 1.43 bits per heavy atom. The Labute approximate surface area is 83.9 Å². The molecule has 0 amide bonds. The molecule has 2 rings (SSSR count). The van der Waals surface area contributed by atoms with Crippen LogP contribution in [0.3, 0.4) is 0 Å². The lowest BCUT2D eigenvalue weighted by atomic mass is 9.63. The quantitative estimate of drug-likeness (QED) is 0.734. The second-order valence-electron chi connectivity index (χ2n) is 4.43. The van der Waals surface area contributed by atoms with Crippen LogP contribution < -0.4 is 11.1 Å². The molecule has 1 aliphatic rings. The molecule has 2 atom stereocenters. The Morgan fingerprint density at radius 2 is 2.07 bits per heavy atom. The number of hydrogen-bond acceptors (Lipinski definition) is 4. The van der Waals surface area contributed by atoms with Gasteiger partial charge in [-0.2, -0.15) is 0 Å². The molecule has 0 radical (unpaired) electrons. The molecular weight excluding hydrogens is 176 g/mol. The Morgan fingerprint density at radius 3 is 2.57 bits per heavy atom. The number of nitrogens with two attached hydrogens (primary N) is 1. The first-order valence-corrected chi connectivity index (χ1v) is 4.90. The van der Waals surface area contributed by atoms with Gasteiger partial charge in [0.05, 0.1) is 0 Å². The fraction of sp³-hybridized carbons (Fsp3) is 0.600. The molecule has 1 aromatic rings. The highest BCUT2D eigenvalue weighted by atomic mass is 15.1. The minimum absolute atomic E-state index is 0.138.